The van der Waals surface area contributed by atoms with Crippen molar-refractivity contribution in [2.24, 2.45) is 5.92 Å². The molecule has 1 fully saturated rings. The molecule has 2 heterocycles. The third-order valence-electron chi connectivity index (χ3n) is 6.41. The molecule has 176 valence electrons. The van der Waals surface area contributed by atoms with Crippen molar-refractivity contribution in [3.05, 3.63) is 65.9 Å². The Morgan fingerprint density at radius 3 is 2.70 bits per heavy atom. The van der Waals surface area contributed by atoms with Crippen LogP contribution in [0.4, 0.5) is 0 Å². The Kier molecular flexibility index (Phi) is 7.68. The summed E-state index contributed by atoms with van der Waals surface area (Å²) in [5, 5.41) is 0.967. The highest BCUT2D eigenvalue weighted by Crippen LogP contribution is 2.25. The Bertz CT molecular complexity index is 1030. The zero-order valence-electron chi connectivity index (χ0n) is 20.0. The molecule has 1 aliphatic heterocycles. The molecule has 0 spiro atoms. The number of rotatable bonds is 9. The lowest BCUT2D eigenvalue weighted by atomic mass is 9.96. The lowest BCUT2D eigenvalue weighted by Gasteiger charge is -2.36. The first-order valence-corrected chi connectivity index (χ1v) is 11.8. The summed E-state index contributed by atoms with van der Waals surface area (Å²) in [6.07, 6.45) is 2.27. The molecule has 0 aliphatic carbocycles. The molecule has 0 radical (unpaired) electrons. The first-order chi connectivity index (χ1) is 16.0. The molecule has 33 heavy (non-hydrogen) atoms. The van der Waals surface area contributed by atoms with E-state index in [2.05, 4.69) is 21.9 Å². The second kappa shape index (κ2) is 10.9. The van der Waals surface area contributed by atoms with Crippen LogP contribution in [0, 0.1) is 5.92 Å². The highest BCUT2D eigenvalue weighted by atomic mass is 16.5. The Morgan fingerprint density at radius 2 is 1.91 bits per heavy atom. The molecule has 6 nitrogen and oxygen atoms in total. The first-order valence-electron chi connectivity index (χ1n) is 11.8. The summed E-state index contributed by atoms with van der Waals surface area (Å²) in [5.74, 6) is 1.78. The molecule has 3 aromatic rings. The topological polar surface area (TPSA) is 49.2 Å². The number of carbonyl (C=O) groups excluding carboxylic acids is 1. The highest BCUT2D eigenvalue weighted by Gasteiger charge is 2.27. The maximum atomic E-state index is 13.4. The predicted molar refractivity (Wildman–Crippen MR) is 132 cm³/mol. The summed E-state index contributed by atoms with van der Waals surface area (Å²) < 4.78 is 11.4. The second-order valence-corrected chi connectivity index (χ2v) is 9.26. The van der Waals surface area contributed by atoms with Gasteiger partial charge < -0.3 is 19.0 Å². The number of amides is 1. The van der Waals surface area contributed by atoms with Gasteiger partial charge in [-0.2, -0.15) is 0 Å². The molecule has 2 aromatic carbocycles. The monoisotopic (exact) mass is 449 g/mol. The molecule has 6 heteroatoms. The average Bonchev–Trinajstić information content (AvgIpc) is 3.26. The maximum Gasteiger partial charge on any atom is 0.289 e. The Labute approximate surface area is 196 Å². The fraction of sp³-hybridized carbons (Fsp3) is 0.444. The largest absolute Gasteiger partial charge is 0.496 e. The van der Waals surface area contributed by atoms with Gasteiger partial charge in [0.1, 0.15) is 11.3 Å². The van der Waals surface area contributed by atoms with Crippen LogP contribution in [0.15, 0.2) is 59.0 Å². The van der Waals surface area contributed by atoms with Crippen LogP contribution in [0.25, 0.3) is 11.0 Å². The number of methoxy groups -OCH3 is 1. The number of benzene rings is 2. The first kappa shape index (κ1) is 23.3. The molecular weight excluding hydrogens is 414 g/mol. The molecule has 1 saturated heterocycles. The molecule has 0 unspecified atom stereocenters. The second-order valence-electron chi connectivity index (χ2n) is 9.26. The van der Waals surface area contributed by atoms with Gasteiger partial charge in [0.25, 0.3) is 5.91 Å². The van der Waals surface area contributed by atoms with Gasteiger partial charge in [0.2, 0.25) is 0 Å². The van der Waals surface area contributed by atoms with Crippen molar-refractivity contribution in [3.63, 3.8) is 0 Å². The molecule has 1 amide bonds. The SMILES string of the molecule is COc1ccccc1CN1CCC[C@@H](CN(CCN(C)C)C(=O)c2cc3ccccc3o2)C1. The number of furan rings is 1. The Hall–Kier alpha value is -2.83. The summed E-state index contributed by atoms with van der Waals surface area (Å²) >= 11 is 0. The zero-order valence-corrected chi connectivity index (χ0v) is 20.0. The summed E-state index contributed by atoms with van der Waals surface area (Å²) in [7, 11) is 5.81. The van der Waals surface area contributed by atoms with E-state index < -0.39 is 0 Å². The quantitative estimate of drug-likeness (QED) is 0.486. The number of hydrogen-bond donors (Lipinski definition) is 0. The molecule has 4 rings (SSSR count). The number of likely N-dealkylation sites (N-methyl/N-ethyl adjacent to an activating group) is 1. The van der Waals surface area contributed by atoms with E-state index in [4.69, 9.17) is 9.15 Å². The fourth-order valence-electron chi connectivity index (χ4n) is 4.67. The smallest absolute Gasteiger partial charge is 0.289 e. The molecule has 0 N–H and O–H groups in total. The fourth-order valence-corrected chi connectivity index (χ4v) is 4.67. The predicted octanol–water partition coefficient (Wildman–Crippen LogP) is 4.36. The van der Waals surface area contributed by atoms with Gasteiger partial charge in [0.05, 0.1) is 7.11 Å². The standard InChI is InChI=1S/C27H35N3O3/c1-28(2)15-16-30(27(31)26-17-22-10-4-7-13-25(22)33-26)19-21-9-8-14-29(18-21)20-23-11-5-6-12-24(23)32-3/h4-7,10-13,17,21H,8-9,14-16,18-20H2,1-3H3/t21-/m1/s1. The van der Waals surface area contributed by atoms with Crippen LogP contribution in [0.1, 0.15) is 29.0 Å². The molecule has 1 aromatic heterocycles. The van der Waals surface area contributed by atoms with Crippen LogP contribution in [-0.4, -0.2) is 74.5 Å². The number of piperidine rings is 1. The van der Waals surface area contributed by atoms with E-state index in [0.29, 0.717) is 18.2 Å². The van der Waals surface area contributed by atoms with Gasteiger partial charge >= 0.3 is 0 Å². The number of likely N-dealkylation sites (tertiary alicyclic amines) is 1. The highest BCUT2D eigenvalue weighted by molar-refractivity contribution is 5.96. The molecule has 0 bridgehead atoms. The van der Waals surface area contributed by atoms with Gasteiger partial charge in [0, 0.05) is 43.7 Å². The number of para-hydroxylation sites is 2. The number of nitrogens with zero attached hydrogens (tertiary/aromatic N) is 3. The van der Waals surface area contributed by atoms with Crippen LogP contribution in [0.2, 0.25) is 0 Å². The Morgan fingerprint density at radius 1 is 1.12 bits per heavy atom. The van der Waals surface area contributed by atoms with E-state index in [-0.39, 0.29) is 5.91 Å². The molecule has 1 aliphatic rings. The number of carbonyl (C=O) groups is 1. The number of fused-ring (bicyclic) bond motifs is 1. The number of hydrogen-bond acceptors (Lipinski definition) is 5. The van der Waals surface area contributed by atoms with Crippen LogP contribution in [-0.2, 0) is 6.54 Å². The van der Waals surface area contributed by atoms with Crippen molar-refractivity contribution in [2.75, 3.05) is 53.9 Å². The lowest BCUT2D eigenvalue weighted by Crippen LogP contribution is -2.44. The molecule has 0 saturated carbocycles. The van der Waals surface area contributed by atoms with Crippen molar-refractivity contribution in [2.45, 2.75) is 19.4 Å². The van der Waals surface area contributed by atoms with Crippen LogP contribution in [0.3, 0.4) is 0 Å². The van der Waals surface area contributed by atoms with Crippen molar-refractivity contribution < 1.29 is 13.9 Å². The summed E-state index contributed by atoms with van der Waals surface area (Å²) in [4.78, 5) is 20.0. The zero-order chi connectivity index (χ0) is 23.2. The van der Waals surface area contributed by atoms with Gasteiger partial charge in [-0.05, 0) is 57.6 Å². The summed E-state index contributed by atoms with van der Waals surface area (Å²) in [5.41, 5.74) is 1.97. The lowest BCUT2D eigenvalue weighted by molar-refractivity contribution is 0.0632. The van der Waals surface area contributed by atoms with Gasteiger partial charge in [-0.15, -0.1) is 0 Å². The van der Waals surface area contributed by atoms with Crippen molar-refractivity contribution in [3.8, 4) is 5.75 Å². The molecular formula is C27H35N3O3. The average molecular weight is 450 g/mol. The van der Waals surface area contributed by atoms with Gasteiger partial charge in [-0.25, -0.2) is 0 Å². The van der Waals surface area contributed by atoms with Crippen molar-refractivity contribution in [1.82, 2.24) is 14.7 Å². The van der Waals surface area contributed by atoms with E-state index >= 15 is 0 Å². The third-order valence-corrected chi connectivity index (χ3v) is 6.41. The minimum atomic E-state index is -0.0186. The van der Waals surface area contributed by atoms with Gasteiger partial charge in [0.15, 0.2) is 5.76 Å². The normalized spacial score (nSPS) is 16.9. The molecule has 1 atom stereocenters. The van der Waals surface area contributed by atoms with E-state index in [9.17, 15) is 4.79 Å². The maximum absolute atomic E-state index is 13.4. The number of ether oxygens (including phenoxy) is 1. The van der Waals surface area contributed by atoms with E-state index in [1.54, 1.807) is 7.11 Å². The summed E-state index contributed by atoms with van der Waals surface area (Å²) in [6, 6.07) is 17.9. The minimum absolute atomic E-state index is 0.0186. The third kappa shape index (κ3) is 5.95. The van der Waals surface area contributed by atoms with Crippen molar-refractivity contribution in [1.29, 1.82) is 0 Å². The Balaban J connectivity index is 1.45. The van der Waals surface area contributed by atoms with Gasteiger partial charge in [-0.1, -0.05) is 36.4 Å². The van der Waals surface area contributed by atoms with E-state index in [1.165, 1.54) is 5.56 Å². The minimum Gasteiger partial charge on any atom is -0.496 e. The van der Waals surface area contributed by atoms with Crippen molar-refractivity contribution >= 4 is 16.9 Å². The van der Waals surface area contributed by atoms with Crippen LogP contribution in [0.5, 0.6) is 5.75 Å². The summed E-state index contributed by atoms with van der Waals surface area (Å²) in [6.45, 7) is 5.17. The van der Waals surface area contributed by atoms with E-state index in [1.807, 2.05) is 61.5 Å². The van der Waals surface area contributed by atoms with Crippen LogP contribution >= 0.6 is 0 Å². The van der Waals surface area contributed by atoms with Crippen LogP contribution < -0.4 is 4.74 Å². The van der Waals surface area contributed by atoms with Gasteiger partial charge in [-0.3, -0.25) is 9.69 Å². The van der Waals surface area contributed by atoms with E-state index in [0.717, 1.165) is 62.3 Å².